The lowest BCUT2D eigenvalue weighted by Gasteiger charge is -2.26. The van der Waals surface area contributed by atoms with Crippen molar-refractivity contribution in [1.82, 2.24) is 5.32 Å². The molecule has 0 heterocycles. The summed E-state index contributed by atoms with van der Waals surface area (Å²) in [5, 5.41) is 2.65. The Labute approximate surface area is 204 Å². The van der Waals surface area contributed by atoms with E-state index in [-0.39, 0.29) is 30.2 Å². The van der Waals surface area contributed by atoms with Crippen LogP contribution in [0.5, 0.6) is 0 Å². The van der Waals surface area contributed by atoms with E-state index >= 15 is 0 Å². The molecule has 33 heavy (non-hydrogen) atoms. The first-order valence-electron chi connectivity index (χ1n) is 10.7. The highest BCUT2D eigenvalue weighted by Gasteiger charge is 2.32. The molecule has 0 aromatic heterocycles. The number of carbonyl (C=O) groups is 1. The van der Waals surface area contributed by atoms with Gasteiger partial charge in [0.1, 0.15) is 6.61 Å². The zero-order valence-corrected chi connectivity index (χ0v) is 20.7. The first kappa shape index (κ1) is 23.7. The molecule has 3 aromatic carbocycles. The van der Waals surface area contributed by atoms with Crippen LogP contribution in [0.4, 0.5) is 17.7 Å². The average Bonchev–Trinajstić information content (AvgIpc) is 3.09. The molecule has 0 aliphatic heterocycles. The molecule has 8 heteroatoms. The third kappa shape index (κ3) is 4.37. The molecule has 0 spiro atoms. The Morgan fingerprint density at radius 2 is 1.48 bits per heavy atom. The quantitative estimate of drug-likeness (QED) is 0.292. The second-order valence-corrected chi connectivity index (χ2v) is 9.41. The predicted molar refractivity (Wildman–Crippen MR) is 134 cm³/mol. The molecule has 0 saturated carbocycles. The van der Waals surface area contributed by atoms with Crippen LogP contribution in [0.3, 0.4) is 0 Å². The molecule has 3 aromatic rings. The summed E-state index contributed by atoms with van der Waals surface area (Å²) in [6, 6.07) is 16.1. The largest absolute Gasteiger partial charge is 0.510 e. The van der Waals surface area contributed by atoms with Crippen molar-refractivity contribution in [2.75, 3.05) is 6.61 Å². The van der Waals surface area contributed by atoms with Crippen LogP contribution >= 0.6 is 22.6 Å². The molecular weight excluding hydrogens is 541 g/mol. The van der Waals surface area contributed by atoms with E-state index in [0.29, 0.717) is 9.13 Å². The molecule has 0 unspecified atom stereocenters. The summed E-state index contributed by atoms with van der Waals surface area (Å²) in [7, 11) is 0. The van der Waals surface area contributed by atoms with Crippen molar-refractivity contribution in [1.29, 1.82) is 0 Å². The lowest BCUT2D eigenvalue weighted by molar-refractivity contribution is 0.142. The number of alkyl carbamates (subject to hydrolysis) is 1. The Balaban J connectivity index is 1.49. The van der Waals surface area contributed by atoms with E-state index in [0.717, 1.165) is 27.8 Å². The third-order valence-corrected chi connectivity index (χ3v) is 8.07. The first-order chi connectivity index (χ1) is 15.6. The molecule has 0 bridgehead atoms. The SMILES string of the molecule is Cc1c(I)c(C)c([B-](F)(F)F)c(C)c1CNC(=O)OCC1c2ccccc2-c2ccccc21. The van der Waals surface area contributed by atoms with Crippen LogP contribution in [-0.2, 0) is 11.3 Å². The van der Waals surface area contributed by atoms with Gasteiger partial charge in [-0.2, -0.15) is 0 Å². The summed E-state index contributed by atoms with van der Waals surface area (Å²) in [6.07, 6.45) is -0.648. The van der Waals surface area contributed by atoms with E-state index in [4.69, 9.17) is 4.74 Å². The lowest BCUT2D eigenvalue weighted by atomic mass is 9.72. The van der Waals surface area contributed by atoms with Gasteiger partial charge in [0.15, 0.2) is 0 Å². The Hall–Kier alpha value is -2.49. The van der Waals surface area contributed by atoms with Gasteiger partial charge in [0.25, 0.3) is 0 Å². The van der Waals surface area contributed by atoms with Crippen molar-refractivity contribution in [2.45, 2.75) is 33.2 Å². The number of hydrogen-bond donors (Lipinski definition) is 1. The van der Waals surface area contributed by atoms with Crippen LogP contribution in [0.25, 0.3) is 11.1 Å². The molecule has 172 valence electrons. The van der Waals surface area contributed by atoms with Crippen LogP contribution in [-0.4, -0.2) is 19.7 Å². The van der Waals surface area contributed by atoms with E-state index in [1.807, 2.05) is 59.0 Å². The minimum atomic E-state index is -5.16. The predicted octanol–water partition coefficient (Wildman–Crippen LogP) is 6.31. The highest BCUT2D eigenvalue weighted by Crippen LogP contribution is 2.44. The summed E-state index contributed by atoms with van der Waals surface area (Å²) in [4.78, 5) is 12.5. The Morgan fingerprint density at radius 1 is 0.939 bits per heavy atom. The van der Waals surface area contributed by atoms with Crippen molar-refractivity contribution in [3.63, 3.8) is 0 Å². The number of halogens is 4. The van der Waals surface area contributed by atoms with Crippen molar-refractivity contribution in [3.8, 4) is 11.1 Å². The first-order valence-corrected chi connectivity index (χ1v) is 11.8. The van der Waals surface area contributed by atoms with Crippen LogP contribution in [0.15, 0.2) is 48.5 Å². The number of nitrogens with one attached hydrogen (secondary N) is 1. The number of fused-ring (bicyclic) bond motifs is 3. The summed E-state index contributed by atoms with van der Waals surface area (Å²) < 4.78 is 47.1. The van der Waals surface area contributed by atoms with E-state index < -0.39 is 18.5 Å². The normalized spacial score (nSPS) is 12.9. The van der Waals surface area contributed by atoms with Crippen molar-refractivity contribution < 1.29 is 22.5 Å². The minimum Gasteiger partial charge on any atom is -0.449 e. The molecule has 1 N–H and O–H groups in total. The molecule has 1 aliphatic carbocycles. The molecule has 0 fully saturated rings. The van der Waals surface area contributed by atoms with Gasteiger partial charge in [-0.05, 0) is 76.7 Å². The van der Waals surface area contributed by atoms with Crippen molar-refractivity contribution in [2.24, 2.45) is 0 Å². The standard InChI is InChI=1S/C25H23BF3INO2/c1-14-21(15(2)24(30)16(3)23(14)26(27,28)29)12-31-25(32)33-13-22-19-10-6-4-8-17(19)18-9-5-7-11-20(18)22/h4-11,22H,12-13H2,1-3H3,(H,31,32)/q-1. The van der Waals surface area contributed by atoms with Crippen molar-refractivity contribution in [3.05, 3.63) is 85.5 Å². The van der Waals surface area contributed by atoms with Crippen LogP contribution in [0.1, 0.15) is 39.3 Å². The highest BCUT2D eigenvalue weighted by atomic mass is 127. The number of benzene rings is 3. The van der Waals surface area contributed by atoms with Crippen LogP contribution < -0.4 is 10.8 Å². The van der Waals surface area contributed by atoms with Gasteiger partial charge in [-0.3, -0.25) is 0 Å². The highest BCUT2D eigenvalue weighted by molar-refractivity contribution is 14.1. The number of ether oxygens (including phenoxy) is 1. The molecular formula is C25H23BF3INO2-. The maximum absolute atomic E-state index is 13.7. The number of hydrogen-bond acceptors (Lipinski definition) is 2. The van der Waals surface area contributed by atoms with Crippen molar-refractivity contribution >= 4 is 41.1 Å². The van der Waals surface area contributed by atoms with Gasteiger partial charge in [-0.15, -0.1) is 5.46 Å². The molecule has 1 aliphatic rings. The lowest BCUT2D eigenvalue weighted by Crippen LogP contribution is -2.40. The molecule has 0 radical (unpaired) electrons. The van der Waals surface area contributed by atoms with E-state index in [9.17, 15) is 17.7 Å². The maximum atomic E-state index is 13.7. The van der Waals surface area contributed by atoms with Crippen LogP contribution in [0.2, 0.25) is 0 Å². The summed E-state index contributed by atoms with van der Waals surface area (Å²) in [5.41, 5.74) is 5.51. The minimum absolute atomic E-state index is 0.0240. The second-order valence-electron chi connectivity index (χ2n) is 8.34. The van der Waals surface area contributed by atoms with Gasteiger partial charge in [0, 0.05) is 16.0 Å². The smallest absolute Gasteiger partial charge is 0.449 e. The number of rotatable bonds is 5. The molecule has 4 rings (SSSR count). The molecule has 1 amide bonds. The fourth-order valence-electron chi connectivity index (χ4n) is 4.82. The third-order valence-electron chi connectivity index (χ3n) is 6.45. The molecule has 0 atom stereocenters. The summed E-state index contributed by atoms with van der Waals surface area (Å²) in [5.74, 6) is -0.0773. The number of amides is 1. The zero-order chi connectivity index (χ0) is 23.9. The summed E-state index contributed by atoms with van der Waals surface area (Å²) in [6.45, 7) is -0.285. The summed E-state index contributed by atoms with van der Waals surface area (Å²) >= 11 is 1.94. The van der Waals surface area contributed by atoms with E-state index in [1.54, 1.807) is 6.92 Å². The Morgan fingerprint density at radius 3 is 2.03 bits per heavy atom. The second kappa shape index (κ2) is 9.04. The fourth-order valence-corrected chi connectivity index (χ4v) is 5.44. The fraction of sp³-hybridized carbons (Fsp3) is 0.240. The van der Waals surface area contributed by atoms with Gasteiger partial charge < -0.3 is 23.0 Å². The molecule has 3 nitrogen and oxygen atoms in total. The zero-order valence-electron chi connectivity index (χ0n) is 18.5. The maximum Gasteiger partial charge on any atom is 0.510 e. The van der Waals surface area contributed by atoms with Gasteiger partial charge in [0.05, 0.1) is 0 Å². The van der Waals surface area contributed by atoms with E-state index in [2.05, 4.69) is 17.4 Å². The van der Waals surface area contributed by atoms with Gasteiger partial charge in [-0.25, -0.2) is 4.79 Å². The Bertz CT molecular complexity index is 1200. The van der Waals surface area contributed by atoms with Gasteiger partial charge in [0.2, 0.25) is 0 Å². The van der Waals surface area contributed by atoms with E-state index in [1.165, 1.54) is 13.8 Å². The van der Waals surface area contributed by atoms with Gasteiger partial charge >= 0.3 is 13.1 Å². The van der Waals surface area contributed by atoms with Gasteiger partial charge in [-0.1, -0.05) is 59.7 Å². The monoisotopic (exact) mass is 564 g/mol. The topological polar surface area (TPSA) is 38.3 Å². The molecule has 0 saturated heterocycles. The van der Waals surface area contributed by atoms with Crippen LogP contribution in [0, 0.1) is 24.3 Å². The average molecular weight is 564 g/mol. The Kier molecular flexibility index (Phi) is 6.49. The number of carbonyl (C=O) groups excluding carboxylic acids is 1.